The molecular formula is C23H18N2O4. The van der Waals surface area contributed by atoms with Gasteiger partial charge >= 0.3 is 0 Å². The maximum atomic E-state index is 13.3. The first-order valence-electron chi connectivity index (χ1n) is 9.56. The van der Waals surface area contributed by atoms with Crippen molar-refractivity contribution in [2.45, 2.75) is 6.92 Å². The van der Waals surface area contributed by atoms with Crippen LogP contribution in [0.2, 0.25) is 0 Å². The van der Waals surface area contributed by atoms with Gasteiger partial charge < -0.3 is 0 Å². The van der Waals surface area contributed by atoms with E-state index in [4.69, 9.17) is 0 Å². The summed E-state index contributed by atoms with van der Waals surface area (Å²) >= 11 is 0. The molecule has 2 aromatic rings. The normalized spacial score (nSPS) is 26.9. The highest BCUT2D eigenvalue weighted by molar-refractivity contribution is 6.24. The van der Waals surface area contributed by atoms with Gasteiger partial charge in [-0.2, -0.15) is 0 Å². The molecule has 144 valence electrons. The Bertz CT molecular complexity index is 1080. The summed E-state index contributed by atoms with van der Waals surface area (Å²) < 4.78 is 0. The number of carbonyl (C=O) groups is 2. The lowest BCUT2D eigenvalue weighted by atomic mass is 9.85. The number of fused-ring (bicyclic) bond motifs is 5. The fraction of sp³-hybridized carbons (Fsp3) is 0.217. The molecule has 3 aliphatic rings. The van der Waals surface area contributed by atoms with Gasteiger partial charge in [0, 0.05) is 17.9 Å². The van der Waals surface area contributed by atoms with Crippen molar-refractivity contribution in [3.05, 3.63) is 88.0 Å². The lowest BCUT2D eigenvalue weighted by Gasteiger charge is -2.20. The standard InChI is InChI=1S/C23H18N2O4/c1-13(14-7-3-2-4-8-14)19-15-11-12-16(19)21-20(15)22(26)24(23(21)27)17-9-5-6-10-18(17)25(28)29/h2-12,15-16,20-21H,1H3/t15-,16-,20-,21-/m1/s1. The van der Waals surface area contributed by atoms with Gasteiger partial charge in [-0.3, -0.25) is 19.7 Å². The molecule has 2 aliphatic carbocycles. The van der Waals surface area contributed by atoms with Crippen LogP contribution >= 0.6 is 0 Å². The summed E-state index contributed by atoms with van der Waals surface area (Å²) in [5.41, 5.74) is 3.13. The summed E-state index contributed by atoms with van der Waals surface area (Å²) in [5.74, 6) is -1.96. The Morgan fingerprint density at radius 3 is 2.03 bits per heavy atom. The van der Waals surface area contributed by atoms with E-state index in [-0.39, 0.29) is 35.0 Å². The van der Waals surface area contributed by atoms with E-state index < -0.39 is 16.8 Å². The molecule has 2 bridgehead atoms. The van der Waals surface area contributed by atoms with Gasteiger partial charge in [0.15, 0.2) is 0 Å². The number of imide groups is 1. The average molecular weight is 386 g/mol. The van der Waals surface area contributed by atoms with Crippen molar-refractivity contribution >= 4 is 28.8 Å². The number of rotatable bonds is 3. The van der Waals surface area contributed by atoms with Crippen LogP contribution in [0.15, 0.2) is 72.3 Å². The van der Waals surface area contributed by atoms with Crippen LogP contribution < -0.4 is 4.90 Å². The second kappa shape index (κ2) is 6.24. The van der Waals surface area contributed by atoms with Gasteiger partial charge in [0.05, 0.1) is 16.8 Å². The predicted octanol–water partition coefficient (Wildman–Crippen LogP) is 3.99. The van der Waals surface area contributed by atoms with Gasteiger partial charge in [0.25, 0.3) is 5.69 Å². The highest BCUT2D eigenvalue weighted by Gasteiger charge is 2.62. The number of nitro benzene ring substituents is 1. The van der Waals surface area contributed by atoms with Gasteiger partial charge in [-0.25, -0.2) is 4.90 Å². The molecule has 6 nitrogen and oxygen atoms in total. The predicted molar refractivity (Wildman–Crippen MR) is 108 cm³/mol. The Morgan fingerprint density at radius 2 is 1.45 bits per heavy atom. The van der Waals surface area contributed by atoms with Crippen LogP contribution in [0.25, 0.3) is 5.57 Å². The Balaban J connectivity index is 1.57. The molecule has 2 aromatic carbocycles. The number of amides is 2. The van der Waals surface area contributed by atoms with Crippen molar-refractivity contribution in [3.63, 3.8) is 0 Å². The first-order chi connectivity index (χ1) is 14.0. The van der Waals surface area contributed by atoms with Crippen molar-refractivity contribution < 1.29 is 14.5 Å². The van der Waals surface area contributed by atoms with Crippen LogP contribution in [0.5, 0.6) is 0 Å². The Kier molecular flexibility index (Phi) is 3.77. The van der Waals surface area contributed by atoms with Gasteiger partial charge in [-0.1, -0.05) is 60.2 Å². The largest absolute Gasteiger partial charge is 0.293 e. The van der Waals surface area contributed by atoms with Gasteiger partial charge in [-0.05, 0) is 24.1 Å². The monoisotopic (exact) mass is 386 g/mol. The molecule has 1 heterocycles. The number of hydrogen-bond acceptors (Lipinski definition) is 4. The number of benzene rings is 2. The molecule has 29 heavy (non-hydrogen) atoms. The molecule has 5 rings (SSSR count). The van der Waals surface area contributed by atoms with E-state index in [1.807, 2.05) is 49.4 Å². The van der Waals surface area contributed by atoms with E-state index in [0.717, 1.165) is 21.6 Å². The third kappa shape index (κ3) is 2.35. The highest BCUT2D eigenvalue weighted by Crippen LogP contribution is 2.58. The van der Waals surface area contributed by atoms with Crippen LogP contribution in [0.4, 0.5) is 11.4 Å². The molecular weight excluding hydrogens is 368 g/mol. The number of carbonyl (C=O) groups excluding carboxylic acids is 2. The zero-order valence-electron chi connectivity index (χ0n) is 15.7. The lowest BCUT2D eigenvalue weighted by molar-refractivity contribution is -0.384. The molecule has 0 aromatic heterocycles. The summed E-state index contributed by atoms with van der Waals surface area (Å²) in [7, 11) is 0. The van der Waals surface area contributed by atoms with Crippen LogP contribution in [-0.4, -0.2) is 16.7 Å². The number of anilines is 1. The Morgan fingerprint density at radius 1 is 0.897 bits per heavy atom. The van der Waals surface area contributed by atoms with Gasteiger partial charge in [0.2, 0.25) is 11.8 Å². The minimum Gasteiger partial charge on any atom is -0.274 e. The third-order valence-corrected chi connectivity index (χ3v) is 6.37. The maximum absolute atomic E-state index is 13.3. The Labute approximate surface area is 167 Å². The molecule has 6 heteroatoms. The molecule has 2 fully saturated rings. The minimum absolute atomic E-state index is 0.0617. The topological polar surface area (TPSA) is 80.5 Å². The molecule has 0 unspecified atom stereocenters. The van der Waals surface area contributed by atoms with Crippen molar-refractivity contribution in [1.82, 2.24) is 0 Å². The molecule has 1 saturated heterocycles. The second-order valence-electron chi connectivity index (χ2n) is 7.69. The van der Waals surface area contributed by atoms with Crippen molar-refractivity contribution in [1.29, 1.82) is 0 Å². The van der Waals surface area contributed by atoms with Gasteiger partial charge in [0.1, 0.15) is 5.69 Å². The van der Waals surface area contributed by atoms with Crippen molar-refractivity contribution in [3.8, 4) is 0 Å². The smallest absolute Gasteiger partial charge is 0.274 e. The number of para-hydroxylation sites is 2. The molecule has 1 aliphatic heterocycles. The molecule has 0 N–H and O–H groups in total. The quantitative estimate of drug-likeness (QED) is 0.346. The third-order valence-electron chi connectivity index (χ3n) is 6.37. The summed E-state index contributed by atoms with van der Waals surface area (Å²) in [4.78, 5) is 38.5. The number of nitrogens with zero attached hydrogens (tertiary/aromatic N) is 2. The van der Waals surface area contributed by atoms with Crippen LogP contribution in [-0.2, 0) is 9.59 Å². The Hall–Kier alpha value is -3.54. The SMILES string of the molecule is CC(=C1[C@H]2C=C[C@H]1[C@H]1C(=O)N(c3ccccc3[N+](=O)[O-])C(=O)[C@@H]12)c1ccccc1. The number of hydrogen-bond donors (Lipinski definition) is 0. The van der Waals surface area contributed by atoms with Crippen LogP contribution in [0.1, 0.15) is 12.5 Å². The van der Waals surface area contributed by atoms with E-state index in [1.165, 1.54) is 18.2 Å². The molecule has 0 radical (unpaired) electrons. The van der Waals surface area contributed by atoms with E-state index >= 15 is 0 Å². The zero-order chi connectivity index (χ0) is 20.3. The van der Waals surface area contributed by atoms with E-state index in [9.17, 15) is 19.7 Å². The molecule has 0 spiro atoms. The van der Waals surface area contributed by atoms with E-state index in [0.29, 0.717) is 0 Å². The first-order valence-corrected chi connectivity index (χ1v) is 9.56. The first kappa shape index (κ1) is 17.6. The highest BCUT2D eigenvalue weighted by atomic mass is 16.6. The second-order valence-corrected chi connectivity index (χ2v) is 7.69. The van der Waals surface area contributed by atoms with Crippen LogP contribution in [0, 0.1) is 33.8 Å². The molecule has 2 amide bonds. The fourth-order valence-electron chi connectivity index (χ4n) is 5.16. The summed E-state index contributed by atoms with van der Waals surface area (Å²) in [5, 5.41) is 11.4. The van der Waals surface area contributed by atoms with Crippen LogP contribution in [0.3, 0.4) is 0 Å². The zero-order valence-corrected chi connectivity index (χ0v) is 15.7. The van der Waals surface area contributed by atoms with Crippen molar-refractivity contribution in [2.24, 2.45) is 23.7 Å². The van der Waals surface area contributed by atoms with E-state index in [2.05, 4.69) is 0 Å². The van der Waals surface area contributed by atoms with E-state index in [1.54, 1.807) is 6.07 Å². The molecule has 1 saturated carbocycles. The minimum atomic E-state index is -0.554. The maximum Gasteiger partial charge on any atom is 0.293 e. The summed E-state index contributed by atoms with van der Waals surface area (Å²) in [6, 6.07) is 15.9. The average Bonchev–Trinajstić information content (AvgIpc) is 3.37. The lowest BCUT2D eigenvalue weighted by Crippen LogP contribution is -2.33. The number of nitro groups is 1. The summed E-state index contributed by atoms with van der Waals surface area (Å²) in [6.45, 7) is 2.04. The fourth-order valence-corrected chi connectivity index (χ4v) is 5.16. The van der Waals surface area contributed by atoms with Gasteiger partial charge in [-0.15, -0.1) is 0 Å². The van der Waals surface area contributed by atoms with Crippen molar-refractivity contribution in [2.75, 3.05) is 4.90 Å². The molecule has 4 atom stereocenters. The summed E-state index contributed by atoms with van der Waals surface area (Å²) in [6.07, 6.45) is 4.03. The number of allylic oxidation sites excluding steroid dienone is 4.